The number of nitrogens with zero attached hydrogens (tertiary/aromatic N) is 1. The number of benzene rings is 1. The van der Waals surface area contributed by atoms with E-state index in [9.17, 15) is 8.42 Å². The van der Waals surface area contributed by atoms with Crippen LogP contribution < -0.4 is 0 Å². The van der Waals surface area contributed by atoms with Gasteiger partial charge in [0.15, 0.2) is 0 Å². The maximum absolute atomic E-state index is 11.0. The van der Waals surface area contributed by atoms with E-state index in [4.69, 9.17) is 11.6 Å². The van der Waals surface area contributed by atoms with Crippen LogP contribution in [0.4, 0.5) is 0 Å². The van der Waals surface area contributed by atoms with Crippen molar-refractivity contribution >= 4 is 32.3 Å². The van der Waals surface area contributed by atoms with Gasteiger partial charge in [-0.05, 0) is 30.7 Å². The molecule has 2 rings (SSSR count). The van der Waals surface area contributed by atoms with Gasteiger partial charge in [-0.25, -0.2) is 8.42 Å². The Bertz CT molecular complexity index is 631. The largest absolute Gasteiger partial charge is 0.347 e. The molecule has 5 heteroatoms. The summed E-state index contributed by atoms with van der Waals surface area (Å²) in [5.74, 6) is 0.222. The SMILES string of the molecule is CS(=O)(=O)CCCn1ccc2cc(Cl)ccc21. The quantitative estimate of drug-likeness (QED) is 0.858. The molecule has 17 heavy (non-hydrogen) atoms. The molecule has 3 nitrogen and oxygen atoms in total. The highest BCUT2D eigenvalue weighted by atomic mass is 35.5. The Kier molecular flexibility index (Phi) is 3.45. The average Bonchev–Trinajstić information content (AvgIpc) is 2.59. The van der Waals surface area contributed by atoms with E-state index in [0.29, 0.717) is 18.0 Å². The van der Waals surface area contributed by atoms with Crippen LogP contribution in [0.3, 0.4) is 0 Å². The molecule has 1 aromatic heterocycles. The van der Waals surface area contributed by atoms with Crippen molar-refractivity contribution in [1.82, 2.24) is 4.57 Å². The van der Waals surface area contributed by atoms with Crippen LogP contribution in [0, 0.1) is 0 Å². The molecule has 0 aliphatic heterocycles. The van der Waals surface area contributed by atoms with Crippen LogP contribution in [0.2, 0.25) is 5.02 Å². The molecule has 0 radical (unpaired) electrons. The second-order valence-electron chi connectivity index (χ2n) is 4.20. The number of hydrogen-bond acceptors (Lipinski definition) is 2. The minimum absolute atomic E-state index is 0.222. The molecule has 92 valence electrons. The fourth-order valence-corrected chi connectivity index (χ4v) is 2.70. The summed E-state index contributed by atoms with van der Waals surface area (Å²) in [5.41, 5.74) is 1.09. The monoisotopic (exact) mass is 271 g/mol. The minimum Gasteiger partial charge on any atom is -0.347 e. The zero-order valence-corrected chi connectivity index (χ0v) is 11.1. The van der Waals surface area contributed by atoms with E-state index < -0.39 is 9.84 Å². The van der Waals surface area contributed by atoms with Crippen LogP contribution in [0.5, 0.6) is 0 Å². The smallest absolute Gasteiger partial charge is 0.147 e. The first-order chi connectivity index (χ1) is 7.96. The molecule has 0 amide bonds. The van der Waals surface area contributed by atoms with Crippen molar-refractivity contribution in [2.45, 2.75) is 13.0 Å². The second kappa shape index (κ2) is 4.70. The van der Waals surface area contributed by atoms with Crippen molar-refractivity contribution in [1.29, 1.82) is 0 Å². The van der Waals surface area contributed by atoms with Gasteiger partial charge in [-0.2, -0.15) is 0 Å². The van der Waals surface area contributed by atoms with E-state index in [0.717, 1.165) is 10.9 Å². The minimum atomic E-state index is -2.87. The molecule has 0 N–H and O–H groups in total. The summed E-state index contributed by atoms with van der Waals surface area (Å²) in [7, 11) is -2.87. The molecular formula is C12H14ClNO2S. The normalized spacial score (nSPS) is 12.1. The van der Waals surface area contributed by atoms with Gasteiger partial charge in [0, 0.05) is 34.9 Å². The summed E-state index contributed by atoms with van der Waals surface area (Å²) in [5, 5.41) is 1.79. The van der Waals surface area contributed by atoms with Crippen LogP contribution >= 0.6 is 11.6 Å². The van der Waals surface area contributed by atoms with Crippen molar-refractivity contribution in [2.75, 3.05) is 12.0 Å². The third-order valence-electron chi connectivity index (χ3n) is 2.65. The number of aromatic nitrogens is 1. The molecule has 2 aromatic rings. The van der Waals surface area contributed by atoms with Crippen molar-refractivity contribution in [3.8, 4) is 0 Å². The lowest BCUT2D eigenvalue weighted by Crippen LogP contribution is -2.06. The van der Waals surface area contributed by atoms with E-state index >= 15 is 0 Å². The molecule has 0 bridgehead atoms. The highest BCUT2D eigenvalue weighted by Gasteiger charge is 2.04. The second-order valence-corrected chi connectivity index (χ2v) is 6.89. The van der Waals surface area contributed by atoms with Gasteiger partial charge in [-0.15, -0.1) is 0 Å². The first-order valence-corrected chi connectivity index (χ1v) is 7.82. The predicted octanol–water partition coefficient (Wildman–Crippen LogP) is 2.73. The fourth-order valence-electron chi connectivity index (χ4n) is 1.86. The zero-order valence-electron chi connectivity index (χ0n) is 9.56. The predicted molar refractivity (Wildman–Crippen MR) is 71.3 cm³/mol. The maximum atomic E-state index is 11.0. The fraction of sp³-hybridized carbons (Fsp3) is 0.333. The number of fused-ring (bicyclic) bond motifs is 1. The third kappa shape index (κ3) is 3.23. The first kappa shape index (κ1) is 12.5. The number of aryl methyl sites for hydroxylation is 1. The Morgan fingerprint density at radius 2 is 2.06 bits per heavy atom. The number of rotatable bonds is 4. The van der Waals surface area contributed by atoms with Crippen molar-refractivity contribution < 1.29 is 8.42 Å². The van der Waals surface area contributed by atoms with Gasteiger partial charge < -0.3 is 4.57 Å². The standard InChI is InChI=1S/C12H14ClNO2S/c1-17(15,16)8-2-6-14-7-5-10-9-11(13)3-4-12(10)14/h3-5,7,9H,2,6,8H2,1H3. The number of sulfone groups is 1. The lowest BCUT2D eigenvalue weighted by Gasteiger charge is -2.04. The molecule has 0 spiro atoms. The summed E-state index contributed by atoms with van der Waals surface area (Å²) in [6.45, 7) is 0.707. The zero-order chi connectivity index (χ0) is 12.5. The molecule has 0 saturated heterocycles. The van der Waals surface area contributed by atoms with Gasteiger partial charge >= 0.3 is 0 Å². The van der Waals surface area contributed by atoms with E-state index in [1.807, 2.05) is 30.5 Å². The van der Waals surface area contributed by atoms with E-state index in [1.54, 1.807) is 0 Å². The van der Waals surface area contributed by atoms with Crippen LogP contribution in [0.1, 0.15) is 6.42 Å². The maximum Gasteiger partial charge on any atom is 0.147 e. The van der Waals surface area contributed by atoms with Gasteiger partial charge in [-0.3, -0.25) is 0 Å². The topological polar surface area (TPSA) is 39.1 Å². The summed E-state index contributed by atoms with van der Waals surface area (Å²) in [6.07, 6.45) is 3.86. The van der Waals surface area contributed by atoms with Crippen molar-refractivity contribution in [2.24, 2.45) is 0 Å². The molecule has 0 aliphatic rings. The molecule has 1 heterocycles. The van der Waals surface area contributed by atoms with E-state index in [1.165, 1.54) is 6.26 Å². The Morgan fingerprint density at radius 3 is 2.76 bits per heavy atom. The lowest BCUT2D eigenvalue weighted by atomic mass is 10.2. The molecule has 0 aliphatic carbocycles. The van der Waals surface area contributed by atoms with Crippen LogP contribution in [0.25, 0.3) is 10.9 Å². The summed E-state index contributed by atoms with van der Waals surface area (Å²) in [4.78, 5) is 0. The molecule has 0 atom stereocenters. The van der Waals surface area contributed by atoms with Crippen molar-refractivity contribution in [3.05, 3.63) is 35.5 Å². The van der Waals surface area contributed by atoms with Crippen LogP contribution in [-0.4, -0.2) is 25.0 Å². The highest BCUT2D eigenvalue weighted by Crippen LogP contribution is 2.20. The summed E-state index contributed by atoms with van der Waals surface area (Å²) in [6, 6.07) is 7.70. The summed E-state index contributed by atoms with van der Waals surface area (Å²) >= 11 is 5.90. The number of hydrogen-bond donors (Lipinski definition) is 0. The molecule has 0 fully saturated rings. The van der Waals surface area contributed by atoms with E-state index in [-0.39, 0.29) is 5.75 Å². The van der Waals surface area contributed by atoms with Crippen LogP contribution in [-0.2, 0) is 16.4 Å². The lowest BCUT2D eigenvalue weighted by molar-refractivity contribution is 0.593. The Hall–Kier alpha value is -1.00. The third-order valence-corrected chi connectivity index (χ3v) is 3.91. The molecular weight excluding hydrogens is 258 g/mol. The first-order valence-electron chi connectivity index (χ1n) is 5.38. The van der Waals surface area contributed by atoms with Gasteiger partial charge in [-0.1, -0.05) is 11.6 Å². The van der Waals surface area contributed by atoms with Gasteiger partial charge in [0.25, 0.3) is 0 Å². The molecule has 0 unspecified atom stereocenters. The number of halogens is 1. The Balaban J connectivity index is 2.14. The van der Waals surface area contributed by atoms with Gasteiger partial charge in [0.1, 0.15) is 9.84 Å². The average molecular weight is 272 g/mol. The van der Waals surface area contributed by atoms with Gasteiger partial charge in [0.05, 0.1) is 5.75 Å². The molecule has 1 aromatic carbocycles. The Morgan fingerprint density at radius 1 is 1.29 bits per heavy atom. The highest BCUT2D eigenvalue weighted by molar-refractivity contribution is 7.90. The molecule has 0 saturated carbocycles. The van der Waals surface area contributed by atoms with Gasteiger partial charge in [0.2, 0.25) is 0 Å². The Labute approximate surface area is 106 Å². The van der Waals surface area contributed by atoms with E-state index in [2.05, 4.69) is 4.57 Å². The van der Waals surface area contributed by atoms with Crippen molar-refractivity contribution in [3.63, 3.8) is 0 Å². The summed E-state index contributed by atoms with van der Waals surface area (Å²) < 4.78 is 24.1. The van der Waals surface area contributed by atoms with Crippen LogP contribution in [0.15, 0.2) is 30.5 Å².